The van der Waals surface area contributed by atoms with Crippen molar-refractivity contribution in [2.45, 2.75) is 12.5 Å². The van der Waals surface area contributed by atoms with Crippen molar-refractivity contribution >= 4 is 17.6 Å². The Morgan fingerprint density at radius 2 is 2.13 bits per heavy atom. The van der Waals surface area contributed by atoms with Gasteiger partial charge in [-0.05, 0) is 25.1 Å². The van der Waals surface area contributed by atoms with Crippen LogP contribution in [0.4, 0.5) is 5.69 Å². The van der Waals surface area contributed by atoms with Crippen LogP contribution in [0.1, 0.15) is 22.8 Å². The number of carbonyl (C=O) groups excluding carboxylic acids is 1. The second-order valence-corrected chi connectivity index (χ2v) is 3.59. The van der Waals surface area contributed by atoms with Crippen LogP contribution in [-0.4, -0.2) is 22.1 Å². The lowest BCUT2D eigenvalue weighted by molar-refractivity contribution is -0.131. The zero-order valence-electron chi connectivity index (χ0n) is 7.94. The summed E-state index contributed by atoms with van der Waals surface area (Å²) in [6.07, 6.45) is 0. The van der Waals surface area contributed by atoms with Crippen LogP contribution in [0.5, 0.6) is 0 Å². The van der Waals surface area contributed by atoms with Crippen LogP contribution in [0, 0.1) is 0 Å². The third kappa shape index (κ3) is 1.28. The Bertz CT molecular complexity index is 464. The molecule has 0 spiro atoms. The minimum absolute atomic E-state index is 0.0468. The molecule has 1 aromatic rings. The van der Waals surface area contributed by atoms with Gasteiger partial charge in [0, 0.05) is 11.3 Å². The maximum absolute atomic E-state index is 11.3. The third-order valence-electron chi connectivity index (χ3n) is 2.48. The largest absolute Gasteiger partial charge is 0.478 e. The molecule has 1 aliphatic rings. The number of nitrogens with one attached hydrogen (secondary N) is 1. The molecule has 0 saturated heterocycles. The highest BCUT2D eigenvalue weighted by molar-refractivity contribution is 6.05. The standard InChI is InChI=1S/C10H9NO4/c1-10(15)6-4-5(8(12)13)2-3-7(6)11-9(10)14/h2-4,15H,1H3,(H,11,14)(H,12,13). The second-order valence-electron chi connectivity index (χ2n) is 3.59. The first kappa shape index (κ1) is 9.67. The number of hydrogen-bond acceptors (Lipinski definition) is 3. The molecule has 15 heavy (non-hydrogen) atoms. The molecule has 5 nitrogen and oxygen atoms in total. The summed E-state index contributed by atoms with van der Waals surface area (Å²) in [5.74, 6) is -1.63. The SMILES string of the molecule is CC1(O)C(=O)Nc2ccc(C(=O)O)cc21. The number of carbonyl (C=O) groups is 2. The first-order valence-electron chi connectivity index (χ1n) is 4.34. The maximum Gasteiger partial charge on any atom is 0.335 e. The fraction of sp³-hybridized carbons (Fsp3) is 0.200. The summed E-state index contributed by atoms with van der Waals surface area (Å²) in [6, 6.07) is 4.15. The molecule has 1 amide bonds. The number of amides is 1. The zero-order chi connectivity index (χ0) is 11.2. The molecule has 0 radical (unpaired) electrons. The Hall–Kier alpha value is -1.88. The van der Waals surface area contributed by atoms with Crippen molar-refractivity contribution in [2.75, 3.05) is 5.32 Å². The summed E-state index contributed by atoms with van der Waals surface area (Å²) in [7, 11) is 0. The van der Waals surface area contributed by atoms with E-state index in [1.165, 1.54) is 25.1 Å². The number of carboxylic acid groups (broad SMARTS) is 1. The lowest BCUT2D eigenvalue weighted by atomic mass is 9.96. The van der Waals surface area contributed by atoms with Crippen molar-refractivity contribution in [1.29, 1.82) is 0 Å². The van der Waals surface area contributed by atoms with Gasteiger partial charge in [-0.15, -0.1) is 0 Å². The van der Waals surface area contributed by atoms with Gasteiger partial charge in [0.05, 0.1) is 5.56 Å². The second kappa shape index (κ2) is 2.80. The maximum atomic E-state index is 11.3. The van der Waals surface area contributed by atoms with Crippen molar-refractivity contribution in [3.63, 3.8) is 0 Å². The monoisotopic (exact) mass is 207 g/mol. The van der Waals surface area contributed by atoms with Gasteiger partial charge in [0.1, 0.15) is 0 Å². The summed E-state index contributed by atoms with van der Waals surface area (Å²) in [6.45, 7) is 1.33. The minimum atomic E-state index is -1.65. The van der Waals surface area contributed by atoms with Crippen molar-refractivity contribution < 1.29 is 19.8 Å². The molecule has 5 heteroatoms. The van der Waals surface area contributed by atoms with E-state index < -0.39 is 17.5 Å². The van der Waals surface area contributed by atoms with Gasteiger partial charge >= 0.3 is 5.97 Å². The Labute approximate surface area is 85.3 Å². The van der Waals surface area contributed by atoms with Gasteiger partial charge in [-0.3, -0.25) is 4.79 Å². The Morgan fingerprint density at radius 3 is 2.73 bits per heavy atom. The van der Waals surface area contributed by atoms with Gasteiger partial charge in [0.15, 0.2) is 5.60 Å². The molecule has 1 unspecified atom stereocenters. The number of aliphatic hydroxyl groups is 1. The average Bonchev–Trinajstić information content (AvgIpc) is 2.38. The summed E-state index contributed by atoms with van der Waals surface area (Å²) >= 11 is 0. The number of benzene rings is 1. The van der Waals surface area contributed by atoms with Crippen molar-refractivity contribution in [1.82, 2.24) is 0 Å². The number of aromatic carboxylic acids is 1. The van der Waals surface area contributed by atoms with Crippen LogP contribution in [-0.2, 0) is 10.4 Å². The van der Waals surface area contributed by atoms with Crippen LogP contribution < -0.4 is 5.32 Å². The van der Waals surface area contributed by atoms with E-state index in [-0.39, 0.29) is 5.56 Å². The smallest absolute Gasteiger partial charge is 0.335 e. The van der Waals surface area contributed by atoms with Crippen molar-refractivity contribution in [3.8, 4) is 0 Å². The fourth-order valence-corrected chi connectivity index (χ4v) is 1.56. The van der Waals surface area contributed by atoms with E-state index in [0.717, 1.165) is 0 Å². The number of carboxylic acids is 1. The molecule has 78 valence electrons. The summed E-state index contributed by atoms with van der Waals surface area (Å²) in [5.41, 5.74) is -0.853. The molecule has 0 fully saturated rings. The first-order valence-corrected chi connectivity index (χ1v) is 4.34. The van der Waals surface area contributed by atoms with Crippen LogP contribution >= 0.6 is 0 Å². The van der Waals surface area contributed by atoms with E-state index in [4.69, 9.17) is 5.11 Å². The highest BCUT2D eigenvalue weighted by Gasteiger charge is 2.41. The van der Waals surface area contributed by atoms with E-state index in [2.05, 4.69) is 5.32 Å². The molecular weight excluding hydrogens is 198 g/mol. The quantitative estimate of drug-likeness (QED) is 0.627. The van der Waals surface area contributed by atoms with Crippen LogP contribution in [0.2, 0.25) is 0 Å². The predicted octanol–water partition coefficient (Wildman–Crippen LogP) is 0.544. The van der Waals surface area contributed by atoms with Crippen LogP contribution in [0.25, 0.3) is 0 Å². The lowest BCUT2D eigenvalue weighted by Crippen LogP contribution is -2.30. The van der Waals surface area contributed by atoms with Crippen LogP contribution in [0.15, 0.2) is 18.2 Å². The molecule has 1 heterocycles. The van der Waals surface area contributed by atoms with E-state index in [0.29, 0.717) is 11.3 Å². The van der Waals surface area contributed by atoms with Gasteiger partial charge < -0.3 is 15.5 Å². The third-order valence-corrected chi connectivity index (χ3v) is 2.48. The molecule has 1 atom stereocenters. The summed E-state index contributed by atoms with van der Waals surface area (Å²) in [5, 5.41) is 21.1. The zero-order valence-corrected chi connectivity index (χ0v) is 7.94. The molecule has 1 aliphatic heterocycles. The average molecular weight is 207 g/mol. The molecule has 0 bridgehead atoms. The fourth-order valence-electron chi connectivity index (χ4n) is 1.56. The molecule has 3 N–H and O–H groups in total. The normalized spacial score (nSPS) is 23.5. The van der Waals surface area contributed by atoms with Gasteiger partial charge in [0.25, 0.3) is 5.91 Å². The van der Waals surface area contributed by atoms with Gasteiger partial charge in [0.2, 0.25) is 0 Å². The molecule has 0 aromatic heterocycles. The van der Waals surface area contributed by atoms with Crippen molar-refractivity contribution in [2.24, 2.45) is 0 Å². The Morgan fingerprint density at radius 1 is 1.47 bits per heavy atom. The molecular formula is C10H9NO4. The van der Waals surface area contributed by atoms with E-state index in [9.17, 15) is 14.7 Å². The van der Waals surface area contributed by atoms with Gasteiger partial charge in [-0.25, -0.2) is 4.79 Å². The minimum Gasteiger partial charge on any atom is -0.478 e. The summed E-state index contributed by atoms with van der Waals surface area (Å²) < 4.78 is 0. The molecule has 2 rings (SSSR count). The molecule has 0 saturated carbocycles. The van der Waals surface area contributed by atoms with Gasteiger partial charge in [-0.2, -0.15) is 0 Å². The molecule has 1 aromatic carbocycles. The van der Waals surface area contributed by atoms with E-state index in [1.807, 2.05) is 0 Å². The summed E-state index contributed by atoms with van der Waals surface area (Å²) in [4.78, 5) is 22.0. The number of anilines is 1. The predicted molar refractivity (Wildman–Crippen MR) is 51.6 cm³/mol. The Balaban J connectivity index is 2.59. The van der Waals surface area contributed by atoms with Gasteiger partial charge in [-0.1, -0.05) is 0 Å². The van der Waals surface area contributed by atoms with E-state index >= 15 is 0 Å². The lowest BCUT2D eigenvalue weighted by Gasteiger charge is -2.13. The molecule has 0 aliphatic carbocycles. The number of fused-ring (bicyclic) bond motifs is 1. The van der Waals surface area contributed by atoms with Crippen LogP contribution in [0.3, 0.4) is 0 Å². The highest BCUT2D eigenvalue weighted by Crippen LogP contribution is 2.35. The highest BCUT2D eigenvalue weighted by atomic mass is 16.4. The Kier molecular flexibility index (Phi) is 1.81. The topological polar surface area (TPSA) is 86.6 Å². The number of rotatable bonds is 1. The van der Waals surface area contributed by atoms with Crippen molar-refractivity contribution in [3.05, 3.63) is 29.3 Å². The number of hydrogen-bond donors (Lipinski definition) is 3. The first-order chi connectivity index (χ1) is 6.93. The van der Waals surface area contributed by atoms with E-state index in [1.54, 1.807) is 0 Å².